The molecule has 7 atom stereocenters. The van der Waals surface area contributed by atoms with Crippen LogP contribution in [0, 0.1) is 17.8 Å². The zero-order valence-corrected chi connectivity index (χ0v) is 33.4. The van der Waals surface area contributed by atoms with Crippen molar-refractivity contribution in [2.24, 2.45) is 17.8 Å². The molecule has 4 amide bonds. The molecule has 3 fully saturated rings. The Morgan fingerprint density at radius 1 is 1.14 bits per heavy atom. The van der Waals surface area contributed by atoms with E-state index in [1.165, 1.54) is 27.2 Å². The van der Waals surface area contributed by atoms with E-state index in [-0.39, 0.29) is 42.4 Å². The van der Waals surface area contributed by atoms with Crippen LogP contribution in [0.25, 0.3) is 10.9 Å². The molecule has 1 aromatic carbocycles. The predicted octanol–water partition coefficient (Wildman–Crippen LogP) is 4.56. The SMILES string of the molecule is COc1ccc2c(O[C@@H]3C[C@H]4C(=O)N[C@]5(C(=O)NS(=O)(=O)C6(C)CC6)C[C@H]5C=CCC[C@@H](C)C[C@@H](C)[C@H](N(C(=O)O)C(C)(C)C(F)(F)F)C(=O)N4C3)cnnc2c1. The summed E-state index contributed by atoms with van der Waals surface area (Å²) in [6.07, 6.45) is -1.52. The van der Waals surface area contributed by atoms with Gasteiger partial charge in [0, 0.05) is 23.8 Å². The molecule has 3 N–H and O–H groups in total. The number of hydrogen-bond donors (Lipinski definition) is 3. The van der Waals surface area contributed by atoms with Crippen LogP contribution in [-0.4, -0.2) is 111 Å². The molecule has 1 aromatic heterocycles. The number of carbonyl (C=O) groups is 4. The van der Waals surface area contributed by atoms with Crippen LogP contribution in [0.15, 0.2) is 36.5 Å². The number of sulfonamides is 1. The van der Waals surface area contributed by atoms with Gasteiger partial charge >= 0.3 is 12.3 Å². The van der Waals surface area contributed by atoms with Gasteiger partial charge in [0.2, 0.25) is 21.8 Å². The Bertz CT molecular complexity index is 2080. The second kappa shape index (κ2) is 14.9. The molecule has 0 radical (unpaired) electrons. The quantitative estimate of drug-likeness (QED) is 0.316. The van der Waals surface area contributed by atoms with Gasteiger partial charge in [0.15, 0.2) is 0 Å². The van der Waals surface area contributed by atoms with Crippen molar-refractivity contribution in [1.29, 1.82) is 0 Å². The average Bonchev–Trinajstić information content (AvgIpc) is 4.01. The molecule has 2 saturated carbocycles. The Morgan fingerprint density at radius 3 is 2.47 bits per heavy atom. The van der Waals surface area contributed by atoms with E-state index in [0.717, 1.165) is 4.90 Å². The molecule has 15 nitrogen and oxygen atoms in total. The van der Waals surface area contributed by atoms with Crippen LogP contribution in [0.5, 0.6) is 11.5 Å². The third-order valence-corrected chi connectivity index (χ3v) is 14.2. The maximum absolute atomic E-state index is 14.9. The summed E-state index contributed by atoms with van der Waals surface area (Å²) in [6, 6.07) is 1.58. The van der Waals surface area contributed by atoms with Gasteiger partial charge in [-0.2, -0.15) is 23.4 Å². The van der Waals surface area contributed by atoms with Crippen molar-refractivity contribution in [1.82, 2.24) is 30.0 Å². The molecule has 3 heterocycles. The van der Waals surface area contributed by atoms with E-state index in [2.05, 4.69) is 20.2 Å². The number of amides is 4. The lowest BCUT2D eigenvalue weighted by Crippen LogP contribution is -2.66. The molecule has 312 valence electrons. The highest BCUT2D eigenvalue weighted by atomic mass is 32.2. The van der Waals surface area contributed by atoms with Crippen molar-refractivity contribution in [2.75, 3.05) is 13.7 Å². The zero-order chi connectivity index (χ0) is 41.9. The van der Waals surface area contributed by atoms with Crippen molar-refractivity contribution in [3.63, 3.8) is 0 Å². The number of hydrogen-bond acceptors (Lipinski definition) is 10. The largest absolute Gasteiger partial charge is 0.497 e. The molecular weight excluding hydrogens is 774 g/mol. The number of carboxylic acid groups (broad SMARTS) is 1. The van der Waals surface area contributed by atoms with Gasteiger partial charge < -0.3 is 24.8 Å². The monoisotopic (exact) mass is 822 g/mol. The first kappa shape index (κ1) is 41.9. The van der Waals surface area contributed by atoms with Crippen molar-refractivity contribution in [3.05, 3.63) is 36.5 Å². The third kappa shape index (κ3) is 7.95. The predicted molar refractivity (Wildman–Crippen MR) is 199 cm³/mol. The van der Waals surface area contributed by atoms with E-state index in [0.29, 0.717) is 56.2 Å². The van der Waals surface area contributed by atoms with Gasteiger partial charge in [-0.25, -0.2) is 13.2 Å². The molecule has 0 spiro atoms. The summed E-state index contributed by atoms with van der Waals surface area (Å²) < 4.78 is 83.0. The molecular formula is C38H49F3N6O9S. The van der Waals surface area contributed by atoms with Crippen LogP contribution < -0.4 is 19.5 Å². The fourth-order valence-electron chi connectivity index (χ4n) is 8.00. The first-order valence-corrected chi connectivity index (χ1v) is 20.4. The first-order chi connectivity index (χ1) is 26.5. The highest BCUT2D eigenvalue weighted by molar-refractivity contribution is 7.91. The summed E-state index contributed by atoms with van der Waals surface area (Å²) in [7, 11) is -2.64. The number of fused-ring (bicyclic) bond motifs is 3. The Balaban J connectivity index is 1.42. The lowest BCUT2D eigenvalue weighted by atomic mass is 9.85. The number of ether oxygens (including phenoxy) is 2. The number of nitrogens with zero attached hydrogens (tertiary/aromatic N) is 4. The minimum atomic E-state index is -5.09. The van der Waals surface area contributed by atoms with E-state index >= 15 is 0 Å². The van der Waals surface area contributed by atoms with Gasteiger partial charge in [0.25, 0.3) is 5.91 Å². The van der Waals surface area contributed by atoms with Crippen LogP contribution in [0.1, 0.15) is 79.6 Å². The summed E-state index contributed by atoms with van der Waals surface area (Å²) in [5.74, 6) is -3.92. The van der Waals surface area contributed by atoms with Gasteiger partial charge in [0.05, 0.1) is 24.6 Å². The van der Waals surface area contributed by atoms with Crippen LogP contribution >= 0.6 is 0 Å². The van der Waals surface area contributed by atoms with Crippen LogP contribution in [0.4, 0.5) is 18.0 Å². The zero-order valence-electron chi connectivity index (χ0n) is 32.6. The molecule has 1 saturated heterocycles. The van der Waals surface area contributed by atoms with E-state index < -0.39 is 85.9 Å². The molecule has 4 aliphatic rings. The molecule has 2 aliphatic carbocycles. The topological polar surface area (TPSA) is 197 Å². The van der Waals surface area contributed by atoms with Crippen LogP contribution in [-0.2, 0) is 24.4 Å². The number of benzene rings is 1. The standard InChI is InChI=1S/C38H49F3N6O9S/c1-21-9-7-8-10-23-18-37(23,33(50)45-57(53,54)36(5)13-14-36)43-31(48)28-17-25(56-29-19-42-44-27-16-24(55-6)11-12-26(27)29)20-46(28)32(49)30(22(2)15-21)47(34(51)52)35(3,4)38(39,40)41/h8,10-12,16,19,21-23,25,28,30H,7,9,13-15,17-18,20H2,1-6H3,(H,43,48)(H,45,50)(H,51,52)/t21-,22-,23-,25-,28+,30+,37-/m1/s1. The van der Waals surface area contributed by atoms with Crippen LogP contribution in [0.3, 0.4) is 0 Å². The lowest BCUT2D eigenvalue weighted by molar-refractivity contribution is -0.222. The van der Waals surface area contributed by atoms with E-state index in [4.69, 9.17) is 9.47 Å². The number of rotatable bonds is 8. The van der Waals surface area contributed by atoms with E-state index in [1.807, 2.05) is 6.92 Å². The second-order valence-electron chi connectivity index (χ2n) is 16.7. The van der Waals surface area contributed by atoms with Gasteiger partial charge in [-0.1, -0.05) is 26.0 Å². The first-order valence-electron chi connectivity index (χ1n) is 19.0. The highest BCUT2D eigenvalue weighted by Crippen LogP contribution is 2.48. The Kier molecular flexibility index (Phi) is 11.0. The number of allylic oxidation sites excluding steroid dienone is 1. The van der Waals surface area contributed by atoms with Gasteiger partial charge in [-0.3, -0.25) is 24.0 Å². The Labute approximate surface area is 328 Å². The normalized spacial score (nSPS) is 29.2. The van der Waals surface area contributed by atoms with E-state index in [9.17, 15) is 45.9 Å². The van der Waals surface area contributed by atoms with Crippen molar-refractivity contribution in [2.45, 2.75) is 120 Å². The Morgan fingerprint density at radius 2 is 1.84 bits per heavy atom. The van der Waals surface area contributed by atoms with Crippen molar-refractivity contribution >= 4 is 44.7 Å². The minimum absolute atomic E-state index is 0.0494. The maximum Gasteiger partial charge on any atom is 0.411 e. The fraction of sp³-hybridized carbons (Fsp3) is 0.632. The average molecular weight is 823 g/mol. The smallest absolute Gasteiger partial charge is 0.411 e. The fourth-order valence-corrected chi connectivity index (χ4v) is 9.31. The minimum Gasteiger partial charge on any atom is -0.497 e. The summed E-state index contributed by atoms with van der Waals surface area (Å²) in [6.45, 7) is 5.90. The van der Waals surface area contributed by atoms with Gasteiger partial charge in [-0.05, 0) is 83.3 Å². The Hall–Kier alpha value is -4.68. The summed E-state index contributed by atoms with van der Waals surface area (Å²) in [4.78, 5) is 57.4. The number of carbonyl (C=O) groups excluding carboxylic acids is 3. The summed E-state index contributed by atoms with van der Waals surface area (Å²) in [5.41, 5.74) is -4.35. The second-order valence-corrected chi connectivity index (χ2v) is 18.9. The van der Waals surface area contributed by atoms with Gasteiger partial charge in [-0.15, -0.1) is 0 Å². The number of nitrogens with one attached hydrogen (secondary N) is 2. The maximum atomic E-state index is 14.9. The summed E-state index contributed by atoms with van der Waals surface area (Å²) in [5, 5.41) is 21.8. The number of alkyl halides is 3. The summed E-state index contributed by atoms with van der Waals surface area (Å²) >= 11 is 0. The number of aromatic nitrogens is 2. The molecule has 57 heavy (non-hydrogen) atoms. The molecule has 2 aromatic rings. The molecule has 0 bridgehead atoms. The van der Waals surface area contributed by atoms with Crippen molar-refractivity contribution < 1.29 is 55.3 Å². The van der Waals surface area contributed by atoms with Crippen molar-refractivity contribution in [3.8, 4) is 11.5 Å². The molecule has 0 unspecified atom stereocenters. The highest BCUT2D eigenvalue weighted by Gasteiger charge is 2.64. The van der Waals surface area contributed by atoms with Gasteiger partial charge in [0.1, 0.15) is 46.3 Å². The van der Waals surface area contributed by atoms with E-state index in [1.54, 1.807) is 30.4 Å². The van der Waals surface area contributed by atoms with Crippen LogP contribution in [0.2, 0.25) is 0 Å². The number of methoxy groups -OCH3 is 1. The number of halogens is 3. The lowest BCUT2D eigenvalue weighted by Gasteiger charge is -2.45. The molecule has 6 rings (SSSR count). The molecule has 19 heteroatoms. The molecule has 2 aliphatic heterocycles. The third-order valence-electron chi connectivity index (χ3n) is 12.1.